The molecule has 0 fully saturated rings. The van der Waals surface area contributed by atoms with Crippen LogP contribution in [0.5, 0.6) is 10.8 Å². The molecule has 1 heterocycles. The van der Waals surface area contributed by atoms with Crippen LogP contribution >= 0.6 is 11.3 Å². The monoisotopic (exact) mass is 369 g/mol. The fraction of sp³-hybridized carbons (Fsp3) is 0.200. The van der Waals surface area contributed by atoms with Gasteiger partial charge in [0.1, 0.15) is 15.8 Å². The first kappa shape index (κ1) is 16.5. The van der Waals surface area contributed by atoms with Crippen LogP contribution in [0, 0.1) is 17.1 Å². The molecule has 1 aliphatic rings. The zero-order valence-electron chi connectivity index (χ0n) is 12.2. The molecule has 24 heavy (non-hydrogen) atoms. The SMILES string of the molecule is CS(=O)(=O)c1sc(Oc2cc(F)cc(C#N)c2)c2c1C(=O)C(F)C2. The third-order valence-corrected chi connectivity index (χ3v) is 6.34. The van der Waals surface area contributed by atoms with Crippen LogP contribution in [0.15, 0.2) is 22.4 Å². The fourth-order valence-corrected chi connectivity index (χ4v) is 4.79. The molecular formula is C15H9F2NO4S2. The van der Waals surface area contributed by atoms with Gasteiger partial charge in [-0.2, -0.15) is 5.26 Å². The lowest BCUT2D eigenvalue weighted by Crippen LogP contribution is -2.11. The van der Waals surface area contributed by atoms with Crippen molar-refractivity contribution in [2.24, 2.45) is 0 Å². The number of hydrogen-bond acceptors (Lipinski definition) is 6. The van der Waals surface area contributed by atoms with Crippen molar-refractivity contribution in [2.75, 3.05) is 6.26 Å². The first-order valence-electron chi connectivity index (χ1n) is 6.63. The topological polar surface area (TPSA) is 84.2 Å². The van der Waals surface area contributed by atoms with E-state index in [4.69, 9.17) is 10.00 Å². The van der Waals surface area contributed by atoms with Crippen LogP contribution in [-0.2, 0) is 16.3 Å². The van der Waals surface area contributed by atoms with E-state index >= 15 is 0 Å². The molecule has 0 saturated heterocycles. The Kier molecular flexibility index (Phi) is 3.89. The summed E-state index contributed by atoms with van der Waals surface area (Å²) in [6.07, 6.45) is -1.21. The summed E-state index contributed by atoms with van der Waals surface area (Å²) in [7, 11) is -3.75. The van der Waals surface area contributed by atoms with Gasteiger partial charge in [-0.15, -0.1) is 0 Å². The normalized spacial score (nSPS) is 16.8. The summed E-state index contributed by atoms with van der Waals surface area (Å²) in [6, 6.07) is 5.05. The number of fused-ring (bicyclic) bond motifs is 1. The second-order valence-corrected chi connectivity index (χ2v) is 8.42. The van der Waals surface area contributed by atoms with E-state index in [9.17, 15) is 22.0 Å². The molecule has 9 heteroatoms. The number of carbonyl (C=O) groups excluding carboxylic acids is 1. The summed E-state index contributed by atoms with van der Waals surface area (Å²) in [6.45, 7) is 0. The van der Waals surface area contributed by atoms with Gasteiger partial charge in [0.15, 0.2) is 26.9 Å². The Balaban J connectivity index is 2.11. The van der Waals surface area contributed by atoms with E-state index in [0.717, 1.165) is 18.4 Å². The lowest BCUT2D eigenvalue weighted by atomic mass is 10.2. The summed E-state index contributed by atoms with van der Waals surface area (Å²) in [5, 5.41) is 8.85. The fourth-order valence-electron chi connectivity index (χ4n) is 2.42. The van der Waals surface area contributed by atoms with Crippen LogP contribution in [0.1, 0.15) is 21.5 Å². The highest BCUT2D eigenvalue weighted by molar-refractivity contribution is 7.92. The summed E-state index contributed by atoms with van der Waals surface area (Å²) in [5.74, 6) is -1.64. The third-order valence-electron chi connectivity index (χ3n) is 3.40. The van der Waals surface area contributed by atoms with Crippen molar-refractivity contribution in [2.45, 2.75) is 16.8 Å². The Morgan fingerprint density at radius 2 is 2.08 bits per heavy atom. The number of thiophene rings is 1. The van der Waals surface area contributed by atoms with Crippen LogP contribution in [0.3, 0.4) is 0 Å². The van der Waals surface area contributed by atoms with E-state index in [1.54, 1.807) is 6.07 Å². The van der Waals surface area contributed by atoms with E-state index in [0.29, 0.717) is 11.3 Å². The van der Waals surface area contributed by atoms with Gasteiger partial charge in [0.2, 0.25) is 0 Å². The predicted octanol–water partition coefficient (Wildman–Crippen LogP) is 3.03. The molecule has 1 aromatic heterocycles. The minimum atomic E-state index is -3.75. The number of carbonyl (C=O) groups is 1. The molecule has 0 amide bonds. The van der Waals surface area contributed by atoms with Crippen molar-refractivity contribution in [3.63, 3.8) is 0 Å². The molecule has 0 radical (unpaired) electrons. The van der Waals surface area contributed by atoms with Crippen molar-refractivity contribution in [1.82, 2.24) is 0 Å². The molecular weight excluding hydrogens is 360 g/mol. The average molecular weight is 369 g/mol. The van der Waals surface area contributed by atoms with E-state index in [-0.39, 0.29) is 38.1 Å². The highest BCUT2D eigenvalue weighted by Gasteiger charge is 2.40. The number of sulfone groups is 1. The summed E-state index contributed by atoms with van der Waals surface area (Å²) in [5.41, 5.74) is -0.0245. The Labute approximate surface area is 140 Å². The number of benzene rings is 1. The second-order valence-electron chi connectivity index (χ2n) is 5.23. The maximum Gasteiger partial charge on any atom is 0.199 e. The quantitative estimate of drug-likeness (QED) is 0.830. The lowest BCUT2D eigenvalue weighted by Gasteiger charge is -2.06. The van der Waals surface area contributed by atoms with Crippen LogP contribution in [0.4, 0.5) is 8.78 Å². The summed E-state index contributed by atoms with van der Waals surface area (Å²) in [4.78, 5) is 11.9. The zero-order valence-corrected chi connectivity index (χ0v) is 13.8. The van der Waals surface area contributed by atoms with Gasteiger partial charge in [-0.1, -0.05) is 11.3 Å². The minimum Gasteiger partial charge on any atom is -0.446 e. The maximum absolute atomic E-state index is 13.7. The van der Waals surface area contributed by atoms with Gasteiger partial charge in [-0.05, 0) is 12.1 Å². The highest BCUT2D eigenvalue weighted by atomic mass is 32.2. The molecule has 2 aromatic rings. The average Bonchev–Trinajstić information content (AvgIpc) is 2.97. The van der Waals surface area contributed by atoms with Crippen molar-refractivity contribution in [3.8, 4) is 16.9 Å². The number of nitrogens with zero attached hydrogens (tertiary/aromatic N) is 1. The van der Waals surface area contributed by atoms with Crippen molar-refractivity contribution >= 4 is 27.0 Å². The standard InChI is InChI=1S/C15H9F2NO4S2/c1-24(20,21)15-12-10(5-11(17)13(12)19)14(23-15)22-9-3-7(6-18)2-8(16)4-9/h2-4,11H,5H2,1H3. The van der Waals surface area contributed by atoms with E-state index in [1.807, 2.05) is 0 Å². The number of ether oxygens (including phenoxy) is 1. The van der Waals surface area contributed by atoms with Gasteiger partial charge < -0.3 is 4.74 Å². The number of ketones is 1. The Morgan fingerprint density at radius 3 is 2.71 bits per heavy atom. The molecule has 1 unspecified atom stereocenters. The van der Waals surface area contributed by atoms with Crippen molar-refractivity contribution < 1.29 is 26.7 Å². The van der Waals surface area contributed by atoms with E-state index in [1.165, 1.54) is 6.07 Å². The predicted molar refractivity (Wildman–Crippen MR) is 81.5 cm³/mol. The number of nitriles is 1. The van der Waals surface area contributed by atoms with Crippen LogP contribution < -0.4 is 4.74 Å². The maximum atomic E-state index is 13.7. The molecule has 1 atom stereocenters. The van der Waals surface area contributed by atoms with Crippen LogP contribution in [-0.4, -0.2) is 26.6 Å². The van der Waals surface area contributed by atoms with E-state index < -0.39 is 27.6 Å². The number of hydrogen-bond donors (Lipinski definition) is 0. The molecule has 0 saturated carbocycles. The molecule has 3 rings (SSSR count). The summed E-state index contributed by atoms with van der Waals surface area (Å²) < 4.78 is 56.1. The molecule has 0 N–H and O–H groups in total. The number of Topliss-reactive ketones (excluding diaryl/α,β-unsaturated/α-hetero) is 1. The molecule has 0 spiro atoms. The molecule has 0 aliphatic heterocycles. The van der Waals surface area contributed by atoms with Gasteiger partial charge in [-0.3, -0.25) is 4.79 Å². The Morgan fingerprint density at radius 1 is 1.38 bits per heavy atom. The first-order chi connectivity index (χ1) is 11.2. The highest BCUT2D eigenvalue weighted by Crippen LogP contribution is 2.45. The zero-order chi connectivity index (χ0) is 17.6. The van der Waals surface area contributed by atoms with Crippen molar-refractivity contribution in [3.05, 3.63) is 40.7 Å². The smallest absolute Gasteiger partial charge is 0.199 e. The van der Waals surface area contributed by atoms with E-state index in [2.05, 4.69) is 0 Å². The van der Waals surface area contributed by atoms with Gasteiger partial charge in [0.25, 0.3) is 0 Å². The number of rotatable bonds is 3. The van der Waals surface area contributed by atoms with Crippen LogP contribution in [0.2, 0.25) is 0 Å². The van der Waals surface area contributed by atoms with Crippen molar-refractivity contribution in [1.29, 1.82) is 5.26 Å². The summed E-state index contributed by atoms with van der Waals surface area (Å²) >= 11 is 0.686. The number of alkyl halides is 1. The van der Waals surface area contributed by atoms with Gasteiger partial charge in [0.05, 0.1) is 17.2 Å². The first-order valence-corrected chi connectivity index (χ1v) is 9.34. The minimum absolute atomic E-state index is 0.00779. The largest absolute Gasteiger partial charge is 0.446 e. The lowest BCUT2D eigenvalue weighted by molar-refractivity contribution is 0.0896. The second kappa shape index (κ2) is 5.65. The Hall–Kier alpha value is -2.31. The molecule has 1 aromatic carbocycles. The number of halogens is 2. The molecule has 124 valence electrons. The van der Waals surface area contributed by atoms with Gasteiger partial charge in [-0.25, -0.2) is 17.2 Å². The molecule has 1 aliphatic carbocycles. The van der Waals surface area contributed by atoms with Crippen LogP contribution in [0.25, 0.3) is 0 Å². The van der Waals surface area contributed by atoms with Gasteiger partial charge >= 0.3 is 0 Å². The Bertz CT molecular complexity index is 1010. The van der Waals surface area contributed by atoms with Gasteiger partial charge in [0, 0.05) is 24.3 Å². The third kappa shape index (κ3) is 2.79. The molecule has 5 nitrogen and oxygen atoms in total. The molecule has 0 bridgehead atoms.